The molecule has 0 N–H and O–H groups in total. The molecule has 1 aliphatic carbocycles. The average molecular weight is 277 g/mol. The van der Waals surface area contributed by atoms with Crippen LogP contribution in [0, 0.1) is 0 Å². The Labute approximate surface area is 84.4 Å². The molecule has 0 aliphatic heterocycles. The molecule has 0 aromatic heterocycles. The number of fused-ring (bicyclic) bond motifs is 1. The van der Waals surface area contributed by atoms with E-state index in [2.05, 4.69) is 46.9 Å². The lowest BCUT2D eigenvalue weighted by Gasteiger charge is -2.15. The highest BCUT2D eigenvalue weighted by atomic mass is 127. The number of halogens is 2. The van der Waals surface area contributed by atoms with Crippen molar-refractivity contribution >= 4 is 46.3 Å². The first kappa shape index (κ1) is 7.62. The maximum absolute atomic E-state index is 5.97. The number of rotatable bonds is 1. The monoisotopic (exact) mass is 276 g/mol. The van der Waals surface area contributed by atoms with Gasteiger partial charge in [0.05, 0.1) is 0 Å². The molecular formula is C9H6ClI. The fraction of sp³-hybridized carbons (Fsp3) is 0.111. The Balaban J connectivity index is 2.52. The second-order valence-corrected chi connectivity index (χ2v) is 4.90. The van der Waals surface area contributed by atoms with E-state index in [0.717, 1.165) is 0 Å². The summed E-state index contributed by atoms with van der Waals surface area (Å²) >= 11 is 8.18. The van der Waals surface area contributed by atoms with Gasteiger partial charge < -0.3 is 0 Å². The Hall–Kier alpha value is -0.0200. The molecule has 0 saturated heterocycles. The third-order valence-electron chi connectivity index (χ3n) is 1.84. The summed E-state index contributed by atoms with van der Waals surface area (Å²) in [6, 6.07) is 6.23. The topological polar surface area (TPSA) is 0 Å². The van der Waals surface area contributed by atoms with Gasteiger partial charge in [-0.3, -0.25) is 0 Å². The molecule has 1 unspecified atom stereocenters. The molecule has 1 atom stereocenters. The van der Waals surface area contributed by atoms with Crippen molar-refractivity contribution in [3.63, 3.8) is 0 Å². The van der Waals surface area contributed by atoms with Gasteiger partial charge in [-0.1, -0.05) is 52.9 Å². The van der Waals surface area contributed by atoms with E-state index in [1.165, 1.54) is 16.7 Å². The smallest absolute Gasteiger partial charge is 0.106 e. The van der Waals surface area contributed by atoms with Crippen LogP contribution in [0.1, 0.15) is 20.1 Å². The molecule has 0 nitrogen and oxygen atoms in total. The van der Waals surface area contributed by atoms with Crippen LogP contribution in [0.5, 0.6) is 0 Å². The molecule has 2 rings (SSSR count). The molecule has 0 radical (unpaired) electrons. The SMILES string of the molecule is ClC(I)c1cccc2c1C=C2. The van der Waals surface area contributed by atoms with Gasteiger partial charge in [-0.25, -0.2) is 0 Å². The quantitative estimate of drug-likeness (QED) is 0.548. The Bertz CT molecular complexity index is 315. The Morgan fingerprint density at radius 2 is 2.09 bits per heavy atom. The molecule has 0 spiro atoms. The molecule has 1 aromatic carbocycles. The number of hydrogen-bond donors (Lipinski definition) is 0. The summed E-state index contributed by atoms with van der Waals surface area (Å²) in [6.07, 6.45) is 4.22. The number of alkyl halides is 2. The second-order valence-electron chi connectivity index (χ2n) is 2.48. The van der Waals surface area contributed by atoms with Crippen molar-refractivity contribution in [2.75, 3.05) is 0 Å². The van der Waals surface area contributed by atoms with Crippen molar-refractivity contribution in [2.24, 2.45) is 0 Å². The lowest BCUT2D eigenvalue weighted by molar-refractivity contribution is 1.36. The van der Waals surface area contributed by atoms with Crippen molar-refractivity contribution in [1.29, 1.82) is 0 Å². The van der Waals surface area contributed by atoms with Crippen molar-refractivity contribution in [1.82, 2.24) is 0 Å². The van der Waals surface area contributed by atoms with Crippen molar-refractivity contribution in [3.8, 4) is 0 Å². The van der Waals surface area contributed by atoms with E-state index in [1.807, 2.05) is 6.07 Å². The third kappa shape index (κ3) is 1.20. The predicted octanol–water partition coefficient (Wildman–Crippen LogP) is 3.84. The average Bonchev–Trinajstić information content (AvgIpc) is 1.90. The van der Waals surface area contributed by atoms with Gasteiger partial charge in [-0.05, 0) is 16.7 Å². The Morgan fingerprint density at radius 1 is 1.27 bits per heavy atom. The van der Waals surface area contributed by atoms with E-state index in [-0.39, 0.29) is 3.38 Å². The summed E-state index contributed by atoms with van der Waals surface area (Å²) in [4.78, 5) is 0. The van der Waals surface area contributed by atoms with Crippen molar-refractivity contribution in [2.45, 2.75) is 3.38 Å². The molecule has 0 amide bonds. The summed E-state index contributed by atoms with van der Waals surface area (Å²) in [5.41, 5.74) is 3.85. The van der Waals surface area contributed by atoms with Crippen LogP contribution < -0.4 is 0 Å². The highest BCUT2D eigenvalue weighted by Gasteiger charge is 2.13. The molecule has 0 bridgehead atoms. The molecule has 0 saturated carbocycles. The summed E-state index contributed by atoms with van der Waals surface area (Å²) in [5, 5.41) is 0. The van der Waals surface area contributed by atoms with Gasteiger partial charge in [-0.2, -0.15) is 0 Å². The van der Waals surface area contributed by atoms with Gasteiger partial charge in [0.15, 0.2) is 0 Å². The number of benzene rings is 1. The normalized spacial score (nSPS) is 15.5. The second kappa shape index (κ2) is 2.79. The fourth-order valence-electron chi connectivity index (χ4n) is 1.21. The molecule has 1 aromatic rings. The minimum absolute atomic E-state index is 0.0903. The predicted molar refractivity (Wildman–Crippen MR) is 58.0 cm³/mol. The van der Waals surface area contributed by atoms with Gasteiger partial charge in [0, 0.05) is 0 Å². The van der Waals surface area contributed by atoms with E-state index < -0.39 is 0 Å². The van der Waals surface area contributed by atoms with E-state index in [0.29, 0.717) is 0 Å². The lowest BCUT2D eigenvalue weighted by atomic mass is 9.94. The van der Waals surface area contributed by atoms with Crippen LogP contribution in [0.3, 0.4) is 0 Å². The molecule has 2 heteroatoms. The van der Waals surface area contributed by atoms with Crippen LogP contribution in [0.2, 0.25) is 0 Å². The molecule has 0 heterocycles. The van der Waals surface area contributed by atoms with Gasteiger partial charge in [0.1, 0.15) is 3.38 Å². The van der Waals surface area contributed by atoms with Gasteiger partial charge >= 0.3 is 0 Å². The molecule has 11 heavy (non-hydrogen) atoms. The van der Waals surface area contributed by atoms with Crippen molar-refractivity contribution in [3.05, 3.63) is 34.9 Å². The molecule has 1 aliphatic rings. The first-order valence-corrected chi connectivity index (χ1v) is 5.06. The zero-order chi connectivity index (χ0) is 7.84. The molecular weight excluding hydrogens is 270 g/mol. The van der Waals surface area contributed by atoms with Crippen LogP contribution in [0.4, 0.5) is 0 Å². The highest BCUT2D eigenvalue weighted by Crippen LogP contribution is 2.36. The fourth-order valence-corrected chi connectivity index (χ4v) is 1.94. The summed E-state index contributed by atoms with van der Waals surface area (Å²) in [6.45, 7) is 0. The Morgan fingerprint density at radius 3 is 2.55 bits per heavy atom. The number of hydrogen-bond acceptors (Lipinski definition) is 0. The van der Waals surface area contributed by atoms with E-state index >= 15 is 0 Å². The van der Waals surface area contributed by atoms with Gasteiger partial charge in [0.2, 0.25) is 0 Å². The first-order valence-electron chi connectivity index (χ1n) is 3.38. The highest BCUT2D eigenvalue weighted by molar-refractivity contribution is 14.1. The third-order valence-corrected chi connectivity index (χ3v) is 2.74. The standard InChI is InChI=1S/C9H6ClI/c10-9(11)8-3-1-2-6-4-5-7(6)8/h1-5,9H. The van der Waals surface area contributed by atoms with Gasteiger partial charge in [-0.15, -0.1) is 11.6 Å². The largest absolute Gasteiger partial charge is 0.110 e. The Kier molecular flexibility index (Phi) is 1.93. The lowest BCUT2D eigenvalue weighted by Crippen LogP contribution is -1.95. The maximum atomic E-state index is 5.97. The van der Waals surface area contributed by atoms with Crippen molar-refractivity contribution < 1.29 is 0 Å². The van der Waals surface area contributed by atoms with E-state index in [1.54, 1.807) is 0 Å². The minimum atomic E-state index is 0.0903. The minimum Gasteiger partial charge on any atom is -0.106 e. The molecule has 0 fully saturated rings. The van der Waals surface area contributed by atoms with Gasteiger partial charge in [0.25, 0.3) is 0 Å². The van der Waals surface area contributed by atoms with Crippen LogP contribution in [-0.2, 0) is 0 Å². The van der Waals surface area contributed by atoms with Crippen LogP contribution >= 0.6 is 34.2 Å². The molecule has 56 valence electrons. The van der Waals surface area contributed by atoms with Crippen LogP contribution in [-0.4, -0.2) is 0 Å². The van der Waals surface area contributed by atoms with E-state index in [4.69, 9.17) is 11.6 Å². The summed E-state index contributed by atoms with van der Waals surface area (Å²) in [5.74, 6) is 0. The summed E-state index contributed by atoms with van der Waals surface area (Å²) in [7, 11) is 0. The zero-order valence-electron chi connectivity index (χ0n) is 5.72. The summed E-state index contributed by atoms with van der Waals surface area (Å²) < 4.78 is 0.0903. The van der Waals surface area contributed by atoms with Crippen LogP contribution in [0.25, 0.3) is 12.2 Å². The first-order chi connectivity index (χ1) is 5.29. The van der Waals surface area contributed by atoms with Crippen LogP contribution in [0.15, 0.2) is 18.2 Å². The maximum Gasteiger partial charge on any atom is 0.110 e. The van der Waals surface area contributed by atoms with E-state index in [9.17, 15) is 0 Å². The zero-order valence-corrected chi connectivity index (χ0v) is 8.63.